The largest absolute Gasteiger partial charge is 0.444 e. The fourth-order valence-electron chi connectivity index (χ4n) is 3.85. The molecule has 2 saturated heterocycles. The Balaban J connectivity index is 1.66. The second-order valence-electron chi connectivity index (χ2n) is 7.89. The first kappa shape index (κ1) is 16.3. The van der Waals surface area contributed by atoms with Gasteiger partial charge in [0.1, 0.15) is 5.60 Å². The zero-order chi connectivity index (χ0) is 16.5. The smallest absolute Gasteiger partial charge is 0.410 e. The van der Waals surface area contributed by atoms with Crippen LogP contribution in [0.3, 0.4) is 0 Å². The normalized spacial score (nSPS) is 25.3. The van der Waals surface area contributed by atoms with E-state index in [9.17, 15) is 4.79 Å². The zero-order valence-electron chi connectivity index (χ0n) is 14.5. The summed E-state index contributed by atoms with van der Waals surface area (Å²) in [6, 6.07) is 10.6. The van der Waals surface area contributed by atoms with Crippen molar-refractivity contribution in [3.8, 4) is 0 Å². The summed E-state index contributed by atoms with van der Waals surface area (Å²) in [5.74, 6) is 0. The lowest BCUT2D eigenvalue weighted by atomic mass is 9.95. The van der Waals surface area contributed by atoms with E-state index < -0.39 is 5.60 Å². The zero-order valence-corrected chi connectivity index (χ0v) is 14.5. The third-order valence-electron chi connectivity index (χ3n) is 4.94. The number of hydrogen-bond donors (Lipinski definition) is 0. The van der Waals surface area contributed by atoms with E-state index >= 15 is 0 Å². The van der Waals surface area contributed by atoms with Gasteiger partial charge < -0.3 is 9.64 Å². The van der Waals surface area contributed by atoms with Crippen molar-refractivity contribution in [2.75, 3.05) is 19.6 Å². The molecule has 0 N–H and O–H groups in total. The van der Waals surface area contributed by atoms with Crippen LogP contribution in [-0.4, -0.2) is 46.7 Å². The van der Waals surface area contributed by atoms with Gasteiger partial charge in [0.05, 0.1) is 0 Å². The van der Waals surface area contributed by atoms with Crippen LogP contribution in [0.5, 0.6) is 0 Å². The first-order valence-electron chi connectivity index (χ1n) is 8.65. The van der Waals surface area contributed by atoms with Gasteiger partial charge in [-0.2, -0.15) is 0 Å². The van der Waals surface area contributed by atoms with Gasteiger partial charge in [-0.25, -0.2) is 4.79 Å². The molecule has 2 aliphatic heterocycles. The van der Waals surface area contributed by atoms with Gasteiger partial charge in [-0.1, -0.05) is 30.3 Å². The number of nitrogens with zero attached hydrogens (tertiary/aromatic N) is 2. The van der Waals surface area contributed by atoms with Crippen molar-refractivity contribution in [2.24, 2.45) is 0 Å². The molecule has 23 heavy (non-hydrogen) atoms. The lowest BCUT2D eigenvalue weighted by molar-refractivity contribution is 0.0255. The van der Waals surface area contributed by atoms with Crippen molar-refractivity contribution in [2.45, 2.75) is 57.7 Å². The van der Waals surface area contributed by atoms with Gasteiger partial charge in [-0.05, 0) is 52.1 Å². The van der Waals surface area contributed by atoms with E-state index in [1.54, 1.807) is 0 Å². The molecule has 4 heteroatoms. The summed E-state index contributed by atoms with van der Waals surface area (Å²) in [7, 11) is 0. The van der Waals surface area contributed by atoms with E-state index in [4.69, 9.17) is 4.74 Å². The highest BCUT2D eigenvalue weighted by Crippen LogP contribution is 2.39. The molecule has 1 aromatic carbocycles. The standard InChI is InChI=1S/C19H28N2O2/c1-18(2,3)23-17(22)20-13-11-19(15-20)10-7-12-21(19)14-16-8-5-4-6-9-16/h4-6,8-9H,7,10-15H2,1-3H3/t19-/m0/s1. The van der Waals surface area contributed by atoms with E-state index in [1.807, 2.05) is 25.7 Å². The van der Waals surface area contributed by atoms with Gasteiger partial charge in [0, 0.05) is 25.2 Å². The molecule has 1 atom stereocenters. The van der Waals surface area contributed by atoms with Crippen LogP contribution in [0.1, 0.15) is 45.6 Å². The van der Waals surface area contributed by atoms with Crippen molar-refractivity contribution in [3.05, 3.63) is 35.9 Å². The summed E-state index contributed by atoms with van der Waals surface area (Å²) < 4.78 is 5.55. The van der Waals surface area contributed by atoms with Crippen molar-refractivity contribution in [1.82, 2.24) is 9.80 Å². The fourth-order valence-corrected chi connectivity index (χ4v) is 3.85. The Kier molecular flexibility index (Phi) is 4.37. The lowest BCUT2D eigenvalue weighted by Crippen LogP contribution is -2.46. The van der Waals surface area contributed by atoms with Crippen LogP contribution in [-0.2, 0) is 11.3 Å². The molecule has 4 nitrogen and oxygen atoms in total. The highest BCUT2D eigenvalue weighted by atomic mass is 16.6. The Morgan fingerprint density at radius 2 is 1.91 bits per heavy atom. The number of carbonyl (C=O) groups is 1. The summed E-state index contributed by atoms with van der Waals surface area (Å²) in [5.41, 5.74) is 1.07. The molecule has 0 bridgehead atoms. The van der Waals surface area contributed by atoms with E-state index in [0.29, 0.717) is 0 Å². The maximum absolute atomic E-state index is 12.4. The molecule has 1 aromatic rings. The molecule has 0 aromatic heterocycles. The summed E-state index contributed by atoms with van der Waals surface area (Å²) in [4.78, 5) is 16.8. The van der Waals surface area contributed by atoms with Crippen LogP contribution in [0.2, 0.25) is 0 Å². The number of amides is 1. The topological polar surface area (TPSA) is 32.8 Å². The third kappa shape index (κ3) is 3.69. The molecule has 0 saturated carbocycles. The Bertz CT molecular complexity index is 552. The van der Waals surface area contributed by atoms with Crippen molar-refractivity contribution >= 4 is 6.09 Å². The molecule has 0 aliphatic carbocycles. The predicted octanol–water partition coefficient (Wildman–Crippen LogP) is 3.66. The van der Waals surface area contributed by atoms with Crippen LogP contribution in [0.25, 0.3) is 0 Å². The minimum absolute atomic E-state index is 0.146. The summed E-state index contributed by atoms with van der Waals surface area (Å²) in [5, 5.41) is 0. The quantitative estimate of drug-likeness (QED) is 0.835. The van der Waals surface area contributed by atoms with Crippen LogP contribution >= 0.6 is 0 Å². The first-order valence-corrected chi connectivity index (χ1v) is 8.65. The van der Waals surface area contributed by atoms with Crippen molar-refractivity contribution < 1.29 is 9.53 Å². The molecule has 0 unspecified atom stereocenters. The number of hydrogen-bond acceptors (Lipinski definition) is 3. The highest BCUT2D eigenvalue weighted by Gasteiger charge is 2.47. The molecule has 0 radical (unpaired) electrons. The average Bonchev–Trinajstić information content (AvgIpc) is 3.07. The van der Waals surface area contributed by atoms with E-state index in [0.717, 1.165) is 32.6 Å². The molecule has 3 rings (SSSR count). The van der Waals surface area contributed by atoms with Crippen LogP contribution in [0.15, 0.2) is 30.3 Å². The van der Waals surface area contributed by atoms with E-state index in [2.05, 4.69) is 35.2 Å². The number of rotatable bonds is 2. The molecular weight excluding hydrogens is 288 g/mol. The van der Waals surface area contributed by atoms with E-state index in [-0.39, 0.29) is 11.6 Å². The van der Waals surface area contributed by atoms with Gasteiger partial charge in [-0.15, -0.1) is 0 Å². The maximum Gasteiger partial charge on any atom is 0.410 e. The Morgan fingerprint density at radius 3 is 2.61 bits per heavy atom. The first-order chi connectivity index (χ1) is 10.9. The number of carbonyl (C=O) groups excluding carboxylic acids is 1. The molecule has 126 valence electrons. The Morgan fingerprint density at radius 1 is 1.17 bits per heavy atom. The third-order valence-corrected chi connectivity index (χ3v) is 4.94. The van der Waals surface area contributed by atoms with Crippen molar-refractivity contribution in [3.63, 3.8) is 0 Å². The minimum atomic E-state index is -0.424. The van der Waals surface area contributed by atoms with Gasteiger partial charge >= 0.3 is 6.09 Å². The molecule has 1 spiro atoms. The van der Waals surface area contributed by atoms with Gasteiger partial charge in [-0.3, -0.25) is 4.90 Å². The van der Waals surface area contributed by atoms with Crippen LogP contribution < -0.4 is 0 Å². The second-order valence-corrected chi connectivity index (χ2v) is 7.89. The predicted molar refractivity (Wildman–Crippen MR) is 91.2 cm³/mol. The highest BCUT2D eigenvalue weighted by molar-refractivity contribution is 5.68. The summed E-state index contributed by atoms with van der Waals surface area (Å²) >= 11 is 0. The van der Waals surface area contributed by atoms with E-state index in [1.165, 1.54) is 18.4 Å². The van der Waals surface area contributed by atoms with Gasteiger partial charge in [0.2, 0.25) is 0 Å². The lowest BCUT2D eigenvalue weighted by Gasteiger charge is -2.35. The van der Waals surface area contributed by atoms with Gasteiger partial charge in [0.25, 0.3) is 0 Å². The average molecular weight is 316 g/mol. The van der Waals surface area contributed by atoms with Crippen molar-refractivity contribution in [1.29, 1.82) is 0 Å². The maximum atomic E-state index is 12.4. The molecule has 2 aliphatic rings. The number of ether oxygens (including phenoxy) is 1. The van der Waals surface area contributed by atoms with Gasteiger partial charge in [0.15, 0.2) is 0 Å². The molecule has 1 amide bonds. The number of benzene rings is 1. The molecule has 2 fully saturated rings. The molecular formula is C19H28N2O2. The number of likely N-dealkylation sites (tertiary alicyclic amines) is 2. The Hall–Kier alpha value is -1.55. The second kappa shape index (κ2) is 6.16. The monoisotopic (exact) mass is 316 g/mol. The van der Waals surface area contributed by atoms with Crippen LogP contribution in [0, 0.1) is 0 Å². The van der Waals surface area contributed by atoms with Crippen LogP contribution in [0.4, 0.5) is 4.79 Å². The SMILES string of the molecule is CC(C)(C)OC(=O)N1CC[C@@]2(CCCN2Cc2ccccc2)C1. The minimum Gasteiger partial charge on any atom is -0.444 e. The summed E-state index contributed by atoms with van der Waals surface area (Å²) in [6.07, 6.45) is 3.29. The Labute approximate surface area is 139 Å². The summed E-state index contributed by atoms with van der Waals surface area (Å²) in [6.45, 7) is 9.48. The molecule has 2 heterocycles. The fraction of sp³-hybridized carbons (Fsp3) is 0.632.